The van der Waals surface area contributed by atoms with Gasteiger partial charge in [0.15, 0.2) is 10.9 Å². The van der Waals surface area contributed by atoms with E-state index >= 15 is 0 Å². The van der Waals surface area contributed by atoms with E-state index in [-0.39, 0.29) is 11.3 Å². The summed E-state index contributed by atoms with van der Waals surface area (Å²) in [5.41, 5.74) is 1.04. The van der Waals surface area contributed by atoms with E-state index in [0.29, 0.717) is 22.9 Å². The molecule has 0 saturated carbocycles. The van der Waals surface area contributed by atoms with E-state index in [9.17, 15) is 13.9 Å². The molecule has 1 aliphatic heterocycles. The smallest absolute Gasteiger partial charge is 0.186 e. The van der Waals surface area contributed by atoms with Gasteiger partial charge in [0.1, 0.15) is 17.1 Å². The molecule has 124 valence electrons. The van der Waals surface area contributed by atoms with Crippen molar-refractivity contribution < 1.29 is 13.9 Å². The Morgan fingerprint density at radius 1 is 1.00 bits per heavy atom. The van der Waals surface area contributed by atoms with Crippen LogP contribution in [0.4, 0.5) is 19.6 Å². The van der Waals surface area contributed by atoms with Gasteiger partial charge < -0.3 is 14.9 Å². The van der Waals surface area contributed by atoms with Crippen molar-refractivity contribution in [1.82, 2.24) is 4.98 Å². The average Bonchev–Trinajstić information content (AvgIpc) is 3.00. The molecule has 1 fully saturated rings. The number of aromatic nitrogens is 1. The number of thiazole rings is 1. The van der Waals surface area contributed by atoms with E-state index in [0.717, 1.165) is 24.8 Å². The van der Waals surface area contributed by atoms with E-state index in [1.807, 2.05) is 12.1 Å². The molecule has 0 spiro atoms. The van der Waals surface area contributed by atoms with Crippen LogP contribution in [0, 0.1) is 11.6 Å². The fourth-order valence-corrected chi connectivity index (χ4v) is 4.01. The van der Waals surface area contributed by atoms with Gasteiger partial charge in [-0.1, -0.05) is 23.5 Å². The number of aromatic hydroxyl groups is 1. The number of phenolic OH excluding ortho intramolecular Hbond substituents is 1. The van der Waals surface area contributed by atoms with Crippen molar-refractivity contribution in [2.45, 2.75) is 0 Å². The largest absolute Gasteiger partial charge is 0.506 e. The molecule has 1 saturated heterocycles. The first-order valence-electron chi connectivity index (χ1n) is 7.65. The Morgan fingerprint density at radius 2 is 1.71 bits per heavy atom. The van der Waals surface area contributed by atoms with Crippen molar-refractivity contribution in [2.75, 3.05) is 36.0 Å². The second-order valence-corrected chi connectivity index (χ2v) is 6.70. The van der Waals surface area contributed by atoms with E-state index in [1.165, 1.54) is 17.4 Å². The molecule has 0 bridgehead atoms. The summed E-state index contributed by atoms with van der Waals surface area (Å²) >= 11 is 1.30. The zero-order valence-electron chi connectivity index (χ0n) is 12.7. The highest BCUT2D eigenvalue weighted by molar-refractivity contribution is 7.22. The third-order valence-corrected chi connectivity index (χ3v) is 5.24. The number of benzene rings is 2. The topological polar surface area (TPSA) is 39.6 Å². The molecule has 0 aliphatic carbocycles. The van der Waals surface area contributed by atoms with Crippen LogP contribution < -0.4 is 9.80 Å². The zero-order chi connectivity index (χ0) is 16.7. The molecule has 0 atom stereocenters. The molecule has 1 aromatic heterocycles. The Hall–Kier alpha value is -2.41. The van der Waals surface area contributed by atoms with Crippen LogP contribution in [-0.4, -0.2) is 36.3 Å². The van der Waals surface area contributed by atoms with Crippen molar-refractivity contribution in [3.63, 3.8) is 0 Å². The van der Waals surface area contributed by atoms with Crippen LogP contribution in [0.15, 0.2) is 36.4 Å². The SMILES string of the molecule is Oc1ccccc1N1CCN(c2nc3c(F)cc(F)cc3s2)CC1. The molecule has 1 aliphatic rings. The van der Waals surface area contributed by atoms with Gasteiger partial charge in [0.05, 0.1) is 10.4 Å². The van der Waals surface area contributed by atoms with Crippen molar-refractivity contribution in [2.24, 2.45) is 0 Å². The van der Waals surface area contributed by atoms with Crippen molar-refractivity contribution in [3.8, 4) is 5.75 Å². The Balaban J connectivity index is 1.54. The lowest BCUT2D eigenvalue weighted by molar-refractivity contribution is 0.472. The van der Waals surface area contributed by atoms with Gasteiger partial charge in [0, 0.05) is 32.2 Å². The Morgan fingerprint density at radius 3 is 2.46 bits per heavy atom. The lowest BCUT2D eigenvalue weighted by atomic mass is 10.2. The van der Waals surface area contributed by atoms with Gasteiger partial charge in [-0.2, -0.15) is 0 Å². The first kappa shape index (κ1) is 15.1. The number of para-hydroxylation sites is 2. The van der Waals surface area contributed by atoms with Crippen molar-refractivity contribution in [3.05, 3.63) is 48.0 Å². The molecule has 2 heterocycles. The lowest BCUT2D eigenvalue weighted by Gasteiger charge is -2.36. The predicted molar refractivity (Wildman–Crippen MR) is 92.1 cm³/mol. The molecule has 0 unspecified atom stereocenters. The normalized spacial score (nSPS) is 15.2. The number of hydrogen-bond acceptors (Lipinski definition) is 5. The zero-order valence-corrected chi connectivity index (χ0v) is 13.6. The summed E-state index contributed by atoms with van der Waals surface area (Å²) < 4.78 is 27.6. The van der Waals surface area contributed by atoms with Crippen LogP contribution in [-0.2, 0) is 0 Å². The Labute approximate surface area is 141 Å². The summed E-state index contributed by atoms with van der Waals surface area (Å²) in [6, 6.07) is 9.43. The average molecular weight is 347 g/mol. The standard InChI is InChI=1S/C17H15F2N3OS/c18-11-9-12(19)16-15(10-11)24-17(20-16)22-7-5-21(6-8-22)13-3-1-2-4-14(13)23/h1-4,9-10,23H,5-8H2. The van der Waals surface area contributed by atoms with Crippen LogP contribution in [0.5, 0.6) is 5.75 Å². The molecule has 4 nitrogen and oxygen atoms in total. The van der Waals surface area contributed by atoms with Crippen LogP contribution in [0.25, 0.3) is 10.2 Å². The third-order valence-electron chi connectivity index (χ3n) is 4.17. The number of halogens is 2. The number of fused-ring (bicyclic) bond motifs is 1. The minimum atomic E-state index is -0.625. The monoisotopic (exact) mass is 347 g/mol. The van der Waals surface area contributed by atoms with Gasteiger partial charge >= 0.3 is 0 Å². The van der Waals surface area contributed by atoms with E-state index in [2.05, 4.69) is 14.8 Å². The summed E-state index contributed by atoms with van der Waals surface area (Å²) in [5.74, 6) is -0.941. The third kappa shape index (κ3) is 2.65. The van der Waals surface area contributed by atoms with Gasteiger partial charge in [0.25, 0.3) is 0 Å². The van der Waals surface area contributed by atoms with Gasteiger partial charge in [-0.25, -0.2) is 13.8 Å². The summed E-state index contributed by atoms with van der Waals surface area (Å²) in [7, 11) is 0. The maximum absolute atomic E-state index is 13.8. The van der Waals surface area contributed by atoms with Crippen LogP contribution >= 0.6 is 11.3 Å². The Kier molecular flexibility index (Phi) is 3.72. The summed E-state index contributed by atoms with van der Waals surface area (Å²) in [6.07, 6.45) is 0. The maximum atomic E-state index is 13.8. The fraction of sp³-hybridized carbons (Fsp3) is 0.235. The fourth-order valence-electron chi connectivity index (χ4n) is 2.95. The van der Waals surface area contributed by atoms with Gasteiger partial charge in [-0.3, -0.25) is 0 Å². The summed E-state index contributed by atoms with van der Waals surface area (Å²) in [4.78, 5) is 8.51. The number of piperazine rings is 1. The van der Waals surface area contributed by atoms with Crippen LogP contribution in [0.1, 0.15) is 0 Å². The molecule has 1 N–H and O–H groups in total. The number of nitrogens with zero attached hydrogens (tertiary/aromatic N) is 3. The summed E-state index contributed by atoms with van der Waals surface area (Å²) in [6.45, 7) is 2.87. The predicted octanol–water partition coefficient (Wildman–Crippen LogP) is 3.61. The van der Waals surface area contributed by atoms with Crippen LogP contribution in [0.2, 0.25) is 0 Å². The number of phenols is 1. The maximum Gasteiger partial charge on any atom is 0.186 e. The first-order chi connectivity index (χ1) is 11.6. The highest BCUT2D eigenvalue weighted by Gasteiger charge is 2.22. The lowest BCUT2D eigenvalue weighted by Crippen LogP contribution is -2.46. The second-order valence-electron chi connectivity index (χ2n) is 5.69. The molecular formula is C17H15F2N3OS. The van der Waals surface area contributed by atoms with E-state index in [4.69, 9.17) is 0 Å². The highest BCUT2D eigenvalue weighted by Crippen LogP contribution is 2.33. The molecule has 3 aromatic rings. The van der Waals surface area contributed by atoms with Gasteiger partial charge in [0.2, 0.25) is 0 Å². The molecular weight excluding hydrogens is 332 g/mol. The molecule has 24 heavy (non-hydrogen) atoms. The van der Waals surface area contributed by atoms with Crippen molar-refractivity contribution >= 4 is 32.4 Å². The van der Waals surface area contributed by atoms with Crippen molar-refractivity contribution in [1.29, 1.82) is 0 Å². The summed E-state index contributed by atoms with van der Waals surface area (Å²) in [5, 5.41) is 10.7. The minimum Gasteiger partial charge on any atom is -0.506 e. The van der Waals surface area contributed by atoms with Crippen LogP contribution in [0.3, 0.4) is 0 Å². The molecule has 7 heteroatoms. The molecule has 4 rings (SSSR count). The first-order valence-corrected chi connectivity index (χ1v) is 8.47. The van der Waals surface area contributed by atoms with E-state index < -0.39 is 11.6 Å². The highest BCUT2D eigenvalue weighted by atomic mass is 32.1. The van der Waals surface area contributed by atoms with Gasteiger partial charge in [-0.05, 0) is 18.2 Å². The minimum absolute atomic E-state index is 0.222. The molecule has 0 amide bonds. The number of hydrogen-bond donors (Lipinski definition) is 1. The number of anilines is 2. The second kappa shape index (κ2) is 5.90. The Bertz CT molecular complexity index is 891. The number of rotatable bonds is 2. The molecule has 2 aromatic carbocycles. The van der Waals surface area contributed by atoms with Gasteiger partial charge in [-0.15, -0.1) is 0 Å². The van der Waals surface area contributed by atoms with E-state index in [1.54, 1.807) is 12.1 Å². The molecule has 0 radical (unpaired) electrons. The quantitative estimate of drug-likeness (QED) is 0.769.